The van der Waals surface area contributed by atoms with E-state index in [0.29, 0.717) is 27.2 Å². The lowest BCUT2D eigenvalue weighted by atomic mass is 9.96. The number of imide groups is 1. The van der Waals surface area contributed by atoms with Crippen LogP contribution in [0.3, 0.4) is 0 Å². The van der Waals surface area contributed by atoms with Gasteiger partial charge < -0.3 is 23.7 Å². The summed E-state index contributed by atoms with van der Waals surface area (Å²) >= 11 is 6.77. The zero-order valence-electron chi connectivity index (χ0n) is 20.7. The van der Waals surface area contributed by atoms with E-state index in [1.807, 2.05) is 0 Å². The Kier molecular flexibility index (Phi) is 9.52. The smallest absolute Gasteiger partial charge is 0.303 e. The van der Waals surface area contributed by atoms with Gasteiger partial charge in [-0.2, -0.15) is 0 Å². The molecule has 5 atom stereocenters. The van der Waals surface area contributed by atoms with Gasteiger partial charge >= 0.3 is 23.9 Å². The van der Waals surface area contributed by atoms with Gasteiger partial charge in [-0.3, -0.25) is 28.8 Å². The number of hydrogen-bond donors (Lipinski definition) is 0. The van der Waals surface area contributed by atoms with E-state index >= 15 is 0 Å². The zero-order chi connectivity index (χ0) is 28.1. The molecule has 2 heterocycles. The summed E-state index contributed by atoms with van der Waals surface area (Å²) in [5.41, 5.74) is 0.473. The highest BCUT2D eigenvalue weighted by Gasteiger charge is 2.57. The first-order chi connectivity index (χ1) is 17.9. The van der Waals surface area contributed by atoms with Gasteiger partial charge in [-0.1, -0.05) is 29.8 Å². The summed E-state index contributed by atoms with van der Waals surface area (Å²) in [6.07, 6.45) is -6.08. The molecule has 2 aliphatic rings. The molecule has 2 aliphatic heterocycles. The Balaban J connectivity index is 2.06. The molecule has 0 radical (unpaired) electrons. The van der Waals surface area contributed by atoms with Gasteiger partial charge in [0.2, 0.25) is 0 Å². The van der Waals surface area contributed by atoms with E-state index in [9.17, 15) is 28.8 Å². The van der Waals surface area contributed by atoms with Gasteiger partial charge in [0.1, 0.15) is 12.7 Å². The molecule has 14 heteroatoms. The van der Waals surface area contributed by atoms with E-state index in [4.69, 9.17) is 35.3 Å². The standard InChI is InChI=1S/C24H24ClNO11S/c1-11(27)33-10-17-19(34-12(2)28)20(35-13(3)29)21(36-14(4)30)23(37-17)26-22(31)18(38-24(26)32)9-15-7-5-6-8-16(15)25/h5-9,17,19-21,23H,10H2,1-4H3/b18-9-. The van der Waals surface area contributed by atoms with E-state index < -0.39 is 72.3 Å². The lowest BCUT2D eigenvalue weighted by molar-refractivity contribution is -0.269. The zero-order valence-corrected chi connectivity index (χ0v) is 22.3. The predicted molar refractivity (Wildman–Crippen MR) is 131 cm³/mol. The Morgan fingerprint density at radius 3 is 2.08 bits per heavy atom. The molecule has 0 N–H and O–H groups in total. The Bertz CT molecular complexity index is 1190. The number of hydrogen-bond acceptors (Lipinski definition) is 12. The third-order valence-corrected chi connectivity index (χ3v) is 6.46. The first-order valence-electron chi connectivity index (χ1n) is 11.2. The molecule has 0 bridgehead atoms. The number of amides is 2. The molecule has 0 spiro atoms. The SMILES string of the molecule is CC(=O)OCC1OC(N2C(=O)S/C(=C\c3ccccc3Cl)C2=O)C(OC(C)=O)C(OC(C)=O)C1OC(C)=O. The number of carbonyl (C=O) groups excluding carboxylic acids is 6. The number of esters is 4. The molecule has 204 valence electrons. The minimum absolute atomic E-state index is 0.00374. The maximum Gasteiger partial charge on any atom is 0.303 e. The van der Waals surface area contributed by atoms with Crippen LogP contribution in [-0.4, -0.2) is 77.2 Å². The second-order valence-electron chi connectivity index (χ2n) is 8.16. The van der Waals surface area contributed by atoms with Crippen molar-refractivity contribution in [3.63, 3.8) is 0 Å². The van der Waals surface area contributed by atoms with Gasteiger partial charge in [0, 0.05) is 32.7 Å². The van der Waals surface area contributed by atoms with Gasteiger partial charge in [0.15, 0.2) is 24.5 Å². The summed E-state index contributed by atoms with van der Waals surface area (Å²) in [5.74, 6) is -4.02. The minimum atomic E-state index is -1.64. The number of benzene rings is 1. The fourth-order valence-electron chi connectivity index (χ4n) is 3.85. The first-order valence-corrected chi connectivity index (χ1v) is 12.4. The summed E-state index contributed by atoms with van der Waals surface area (Å²) in [6, 6.07) is 6.64. The van der Waals surface area contributed by atoms with Gasteiger partial charge in [-0.15, -0.1) is 0 Å². The second-order valence-corrected chi connectivity index (χ2v) is 9.56. The van der Waals surface area contributed by atoms with Crippen molar-refractivity contribution in [3.05, 3.63) is 39.8 Å². The van der Waals surface area contributed by atoms with Gasteiger partial charge in [0.25, 0.3) is 11.1 Å². The molecule has 0 aliphatic carbocycles. The van der Waals surface area contributed by atoms with E-state index in [-0.39, 0.29) is 4.91 Å². The number of carbonyl (C=O) groups is 6. The van der Waals surface area contributed by atoms with Crippen molar-refractivity contribution in [2.75, 3.05) is 6.61 Å². The molecule has 0 aromatic heterocycles. The fraction of sp³-hybridized carbons (Fsp3) is 0.417. The summed E-state index contributed by atoms with van der Waals surface area (Å²) in [7, 11) is 0. The molecular weight excluding hydrogens is 546 g/mol. The first kappa shape index (κ1) is 29.1. The summed E-state index contributed by atoms with van der Waals surface area (Å²) in [6.45, 7) is 3.82. The van der Waals surface area contributed by atoms with Crippen LogP contribution in [-0.2, 0) is 47.7 Å². The number of rotatable bonds is 7. The third-order valence-electron chi connectivity index (χ3n) is 5.24. The van der Waals surface area contributed by atoms with Crippen molar-refractivity contribution < 1.29 is 52.5 Å². The highest BCUT2D eigenvalue weighted by molar-refractivity contribution is 8.18. The molecule has 1 aromatic rings. The maximum atomic E-state index is 13.4. The second kappa shape index (κ2) is 12.4. The Hall–Kier alpha value is -3.42. The van der Waals surface area contributed by atoms with Crippen molar-refractivity contribution in [3.8, 4) is 0 Å². The molecule has 2 fully saturated rings. The van der Waals surface area contributed by atoms with Crippen LogP contribution in [0.4, 0.5) is 4.79 Å². The van der Waals surface area contributed by atoms with E-state index in [1.54, 1.807) is 24.3 Å². The molecule has 38 heavy (non-hydrogen) atoms. The molecule has 0 saturated carbocycles. The molecule has 1 aromatic carbocycles. The average Bonchev–Trinajstić information content (AvgIpc) is 3.08. The fourth-order valence-corrected chi connectivity index (χ4v) is 4.88. The maximum absolute atomic E-state index is 13.4. The van der Waals surface area contributed by atoms with Crippen LogP contribution in [0.2, 0.25) is 5.02 Å². The van der Waals surface area contributed by atoms with E-state index in [2.05, 4.69) is 0 Å². The van der Waals surface area contributed by atoms with Crippen LogP contribution in [0.25, 0.3) is 6.08 Å². The van der Waals surface area contributed by atoms with E-state index in [1.165, 1.54) is 6.08 Å². The van der Waals surface area contributed by atoms with Crippen LogP contribution < -0.4 is 0 Å². The number of thioether (sulfide) groups is 1. The highest BCUT2D eigenvalue weighted by atomic mass is 35.5. The Morgan fingerprint density at radius 1 is 0.921 bits per heavy atom. The number of halogens is 1. The normalized spacial score (nSPS) is 26.2. The Morgan fingerprint density at radius 2 is 1.50 bits per heavy atom. The highest BCUT2D eigenvalue weighted by Crippen LogP contribution is 2.39. The molecule has 2 amide bonds. The molecule has 12 nitrogen and oxygen atoms in total. The summed E-state index contributed by atoms with van der Waals surface area (Å²) < 4.78 is 26.9. The van der Waals surface area contributed by atoms with Crippen LogP contribution in [0, 0.1) is 0 Å². The molecule has 3 rings (SSSR count). The average molecular weight is 570 g/mol. The van der Waals surface area contributed by atoms with Crippen LogP contribution in [0.15, 0.2) is 29.2 Å². The van der Waals surface area contributed by atoms with Crippen molar-refractivity contribution in [1.29, 1.82) is 0 Å². The van der Waals surface area contributed by atoms with Crippen molar-refractivity contribution in [2.45, 2.75) is 58.3 Å². The van der Waals surface area contributed by atoms with E-state index in [0.717, 1.165) is 27.7 Å². The summed E-state index contributed by atoms with van der Waals surface area (Å²) in [5, 5.41) is -0.444. The van der Waals surface area contributed by atoms with Crippen LogP contribution in [0.1, 0.15) is 33.3 Å². The van der Waals surface area contributed by atoms with Crippen molar-refractivity contribution in [2.24, 2.45) is 0 Å². The monoisotopic (exact) mass is 569 g/mol. The van der Waals surface area contributed by atoms with Crippen LogP contribution >= 0.6 is 23.4 Å². The van der Waals surface area contributed by atoms with Crippen molar-refractivity contribution in [1.82, 2.24) is 4.90 Å². The lowest BCUT2D eigenvalue weighted by Gasteiger charge is -2.46. The molecule has 5 unspecified atom stereocenters. The van der Waals surface area contributed by atoms with Crippen LogP contribution in [0.5, 0.6) is 0 Å². The van der Waals surface area contributed by atoms with Gasteiger partial charge in [0.05, 0.1) is 4.91 Å². The predicted octanol–water partition coefficient (Wildman–Crippen LogP) is 2.46. The molecule has 2 saturated heterocycles. The lowest BCUT2D eigenvalue weighted by Crippen LogP contribution is -2.66. The number of ether oxygens (including phenoxy) is 5. The number of nitrogens with zero attached hydrogens (tertiary/aromatic N) is 1. The summed E-state index contributed by atoms with van der Waals surface area (Å²) in [4.78, 5) is 74.5. The van der Waals surface area contributed by atoms with Gasteiger partial charge in [-0.25, -0.2) is 4.90 Å². The molecular formula is C24H24ClNO11S. The Labute approximate surface area is 226 Å². The largest absolute Gasteiger partial charge is 0.463 e. The van der Waals surface area contributed by atoms with Gasteiger partial charge in [-0.05, 0) is 29.5 Å². The quantitative estimate of drug-likeness (QED) is 0.269. The minimum Gasteiger partial charge on any atom is -0.463 e. The third kappa shape index (κ3) is 6.91. The van der Waals surface area contributed by atoms with Crippen molar-refractivity contribution >= 4 is 64.5 Å². The topological polar surface area (TPSA) is 152 Å².